The van der Waals surface area contributed by atoms with Crippen LogP contribution in [0, 0.1) is 13.8 Å². The van der Waals surface area contributed by atoms with E-state index in [1.54, 1.807) is 0 Å². The minimum Gasteiger partial charge on any atom is -0.376 e. The fourth-order valence-corrected chi connectivity index (χ4v) is 3.96. The van der Waals surface area contributed by atoms with Gasteiger partial charge in [0.15, 0.2) is 5.16 Å². The molecule has 0 bridgehead atoms. The Labute approximate surface area is 165 Å². The normalized spacial score (nSPS) is 16.9. The number of carbonyl (C=O) groups excluding carboxylic acids is 1. The maximum atomic E-state index is 12.4. The fourth-order valence-electron chi connectivity index (χ4n) is 3.20. The molecule has 0 aliphatic carbocycles. The second-order valence-corrected chi connectivity index (χ2v) is 8.27. The van der Waals surface area contributed by atoms with Crippen molar-refractivity contribution in [1.82, 2.24) is 14.8 Å². The first kappa shape index (κ1) is 19.9. The Bertz CT molecular complexity index is 797. The summed E-state index contributed by atoms with van der Waals surface area (Å²) in [6.45, 7) is 9.85. The van der Waals surface area contributed by atoms with E-state index in [4.69, 9.17) is 4.74 Å². The molecule has 27 heavy (non-hydrogen) atoms. The van der Waals surface area contributed by atoms with E-state index in [9.17, 15) is 4.79 Å². The van der Waals surface area contributed by atoms with Gasteiger partial charge in [-0.05, 0) is 43.9 Å². The molecule has 2 aromatic rings. The zero-order valence-corrected chi connectivity index (χ0v) is 17.3. The van der Waals surface area contributed by atoms with Gasteiger partial charge in [-0.3, -0.25) is 4.79 Å². The van der Waals surface area contributed by atoms with Crippen molar-refractivity contribution in [2.24, 2.45) is 0 Å². The van der Waals surface area contributed by atoms with E-state index in [1.165, 1.54) is 17.3 Å². The number of ether oxygens (including phenoxy) is 1. The SMILES string of the molecule is Cc1cccc(NC(=O)CSc2nnc(C(C)C)n2CC2CCCO2)c1C. The van der Waals surface area contributed by atoms with E-state index in [0.29, 0.717) is 5.75 Å². The Hall–Kier alpha value is -1.86. The molecule has 1 fully saturated rings. The number of aromatic nitrogens is 3. The lowest BCUT2D eigenvalue weighted by atomic mass is 10.1. The van der Waals surface area contributed by atoms with Crippen LogP contribution in [0.4, 0.5) is 5.69 Å². The molecule has 0 radical (unpaired) electrons. The van der Waals surface area contributed by atoms with Crippen molar-refractivity contribution in [1.29, 1.82) is 0 Å². The highest BCUT2D eigenvalue weighted by molar-refractivity contribution is 7.99. The minimum absolute atomic E-state index is 0.0357. The molecule has 7 heteroatoms. The molecule has 1 aliphatic rings. The van der Waals surface area contributed by atoms with E-state index in [0.717, 1.165) is 48.2 Å². The summed E-state index contributed by atoms with van der Waals surface area (Å²) >= 11 is 1.43. The Balaban J connectivity index is 1.66. The van der Waals surface area contributed by atoms with Gasteiger partial charge in [-0.25, -0.2) is 0 Å². The number of benzene rings is 1. The smallest absolute Gasteiger partial charge is 0.234 e. The highest BCUT2D eigenvalue weighted by atomic mass is 32.2. The van der Waals surface area contributed by atoms with Crippen molar-refractivity contribution < 1.29 is 9.53 Å². The van der Waals surface area contributed by atoms with Gasteiger partial charge in [-0.1, -0.05) is 37.7 Å². The Morgan fingerprint density at radius 1 is 1.37 bits per heavy atom. The molecule has 1 aromatic carbocycles. The standard InChI is InChI=1S/C20H28N4O2S/c1-13(2)19-22-23-20(24(19)11-16-8-6-10-26-16)27-12-18(25)21-17-9-5-7-14(3)15(17)4/h5,7,9,13,16H,6,8,10-12H2,1-4H3,(H,21,25). The zero-order chi connectivity index (χ0) is 19.4. The topological polar surface area (TPSA) is 69.0 Å². The number of anilines is 1. The molecule has 2 heterocycles. The van der Waals surface area contributed by atoms with Gasteiger partial charge in [0.25, 0.3) is 0 Å². The van der Waals surface area contributed by atoms with Gasteiger partial charge in [0.05, 0.1) is 18.4 Å². The summed E-state index contributed by atoms with van der Waals surface area (Å²) < 4.78 is 7.90. The molecule has 3 rings (SSSR count). The Morgan fingerprint density at radius 2 is 2.19 bits per heavy atom. The highest BCUT2D eigenvalue weighted by Gasteiger charge is 2.22. The van der Waals surface area contributed by atoms with Gasteiger partial charge >= 0.3 is 0 Å². The van der Waals surface area contributed by atoms with E-state index < -0.39 is 0 Å². The van der Waals surface area contributed by atoms with Crippen molar-refractivity contribution in [2.75, 3.05) is 17.7 Å². The van der Waals surface area contributed by atoms with E-state index in [2.05, 4.69) is 33.9 Å². The zero-order valence-electron chi connectivity index (χ0n) is 16.5. The second kappa shape index (κ2) is 8.89. The maximum Gasteiger partial charge on any atom is 0.234 e. The average molecular weight is 389 g/mol. The lowest BCUT2D eigenvalue weighted by Crippen LogP contribution is -2.19. The first-order chi connectivity index (χ1) is 13.0. The monoisotopic (exact) mass is 388 g/mol. The molecule has 1 saturated heterocycles. The molecule has 1 aromatic heterocycles. The van der Waals surface area contributed by atoms with Crippen molar-refractivity contribution >= 4 is 23.4 Å². The van der Waals surface area contributed by atoms with Crippen LogP contribution in [0.25, 0.3) is 0 Å². The van der Waals surface area contributed by atoms with Crippen LogP contribution in [0.1, 0.15) is 49.6 Å². The van der Waals surface area contributed by atoms with Crippen LogP contribution in [0.3, 0.4) is 0 Å². The Morgan fingerprint density at radius 3 is 2.89 bits per heavy atom. The number of hydrogen-bond acceptors (Lipinski definition) is 5. The number of aryl methyl sites for hydroxylation is 1. The third-order valence-corrected chi connectivity index (χ3v) is 5.85. The van der Waals surface area contributed by atoms with Crippen molar-refractivity contribution in [3.8, 4) is 0 Å². The van der Waals surface area contributed by atoms with Crippen LogP contribution in [0.5, 0.6) is 0 Å². The average Bonchev–Trinajstić information content (AvgIpc) is 3.27. The number of rotatable bonds is 7. The van der Waals surface area contributed by atoms with Crippen molar-refractivity contribution in [2.45, 2.75) is 64.3 Å². The molecule has 1 amide bonds. The number of carbonyl (C=O) groups is 1. The van der Waals surface area contributed by atoms with Crippen LogP contribution in [0.15, 0.2) is 23.4 Å². The second-order valence-electron chi connectivity index (χ2n) is 7.33. The summed E-state index contributed by atoms with van der Waals surface area (Å²) in [6.07, 6.45) is 2.37. The lowest BCUT2D eigenvalue weighted by molar-refractivity contribution is -0.113. The van der Waals surface area contributed by atoms with Crippen LogP contribution >= 0.6 is 11.8 Å². The minimum atomic E-state index is -0.0357. The van der Waals surface area contributed by atoms with Gasteiger partial charge < -0.3 is 14.6 Å². The number of hydrogen-bond donors (Lipinski definition) is 1. The molecule has 0 saturated carbocycles. The highest BCUT2D eigenvalue weighted by Crippen LogP contribution is 2.25. The summed E-state index contributed by atoms with van der Waals surface area (Å²) in [5.41, 5.74) is 3.13. The quantitative estimate of drug-likeness (QED) is 0.728. The fraction of sp³-hybridized carbons (Fsp3) is 0.550. The largest absolute Gasteiger partial charge is 0.376 e. The van der Waals surface area contributed by atoms with Crippen LogP contribution < -0.4 is 5.32 Å². The molecule has 1 unspecified atom stereocenters. The molecule has 1 aliphatic heterocycles. The molecule has 1 N–H and O–H groups in total. The van der Waals surface area contributed by atoms with E-state index in [-0.39, 0.29) is 17.9 Å². The van der Waals surface area contributed by atoms with Crippen LogP contribution in [0.2, 0.25) is 0 Å². The van der Waals surface area contributed by atoms with Crippen molar-refractivity contribution in [3.05, 3.63) is 35.2 Å². The molecule has 146 valence electrons. The molecule has 6 nitrogen and oxygen atoms in total. The summed E-state index contributed by atoms with van der Waals surface area (Å²) in [5.74, 6) is 1.49. The maximum absolute atomic E-state index is 12.4. The Kier molecular flexibility index (Phi) is 6.55. The van der Waals surface area contributed by atoms with E-state index in [1.807, 2.05) is 32.0 Å². The number of thioether (sulfide) groups is 1. The predicted molar refractivity (Wildman–Crippen MR) is 108 cm³/mol. The first-order valence-corrected chi connectivity index (χ1v) is 10.5. The molecular weight excluding hydrogens is 360 g/mol. The summed E-state index contributed by atoms with van der Waals surface area (Å²) in [4.78, 5) is 12.4. The van der Waals surface area contributed by atoms with Crippen LogP contribution in [-0.2, 0) is 16.1 Å². The van der Waals surface area contributed by atoms with E-state index >= 15 is 0 Å². The number of amides is 1. The van der Waals surface area contributed by atoms with Gasteiger partial charge in [-0.15, -0.1) is 10.2 Å². The number of nitrogens with one attached hydrogen (secondary N) is 1. The van der Waals surface area contributed by atoms with Gasteiger partial charge in [0.1, 0.15) is 5.82 Å². The predicted octanol–water partition coefficient (Wildman–Crippen LogP) is 3.93. The molecule has 1 atom stereocenters. The third-order valence-electron chi connectivity index (χ3n) is 4.88. The summed E-state index contributed by atoms with van der Waals surface area (Å²) in [7, 11) is 0. The lowest BCUT2D eigenvalue weighted by Gasteiger charge is -2.16. The molecular formula is C20H28N4O2S. The van der Waals surface area contributed by atoms with Gasteiger partial charge in [-0.2, -0.15) is 0 Å². The van der Waals surface area contributed by atoms with Crippen molar-refractivity contribution in [3.63, 3.8) is 0 Å². The number of nitrogens with zero attached hydrogens (tertiary/aromatic N) is 3. The first-order valence-electron chi connectivity index (χ1n) is 9.49. The third kappa shape index (κ3) is 4.90. The molecule has 0 spiro atoms. The van der Waals surface area contributed by atoms with Crippen LogP contribution in [-0.4, -0.2) is 39.1 Å². The van der Waals surface area contributed by atoms with Gasteiger partial charge in [0.2, 0.25) is 5.91 Å². The summed E-state index contributed by atoms with van der Waals surface area (Å²) in [6, 6.07) is 5.93. The van der Waals surface area contributed by atoms with Gasteiger partial charge in [0, 0.05) is 18.2 Å². The summed E-state index contributed by atoms with van der Waals surface area (Å²) in [5, 5.41) is 12.5.